The average molecular weight is 472 g/mol. The number of amides is 2. The molecule has 0 aliphatic rings. The van der Waals surface area contributed by atoms with Crippen LogP contribution in [0.25, 0.3) is 0 Å². The molecule has 0 saturated carbocycles. The number of carboxylic acids is 1. The molecular weight excluding hydrogens is 446 g/mol. The normalized spacial score (nSPS) is 12.6. The lowest BCUT2D eigenvalue weighted by Crippen LogP contribution is -2.55. The second kappa shape index (κ2) is 11.0. The number of nitrogen functional groups attached to an aromatic ring is 2. The van der Waals surface area contributed by atoms with E-state index in [0.29, 0.717) is 16.0 Å². The van der Waals surface area contributed by atoms with Gasteiger partial charge in [-0.3, -0.25) is 20.4 Å². The summed E-state index contributed by atoms with van der Waals surface area (Å²) in [6, 6.07) is 9.91. The van der Waals surface area contributed by atoms with E-state index in [0.717, 1.165) is 17.0 Å². The molecule has 12 heteroatoms. The fraction of sp³-hybridized carbons (Fsp3) is 0.190. The van der Waals surface area contributed by atoms with E-state index in [1.165, 1.54) is 11.3 Å². The molecule has 11 nitrogen and oxygen atoms in total. The number of nitrogens with two attached hydrogens (primary N) is 3. The Labute approximate surface area is 193 Å². The zero-order chi connectivity index (χ0) is 24.6. The van der Waals surface area contributed by atoms with Gasteiger partial charge in [0.1, 0.15) is 17.2 Å². The molecule has 2 amide bonds. The Hall–Kier alpha value is -4.03. The highest BCUT2D eigenvalue weighted by molar-refractivity contribution is 7.14. The first kappa shape index (κ1) is 25.2. The Bertz CT molecular complexity index is 1110. The molecule has 0 bridgehead atoms. The van der Waals surface area contributed by atoms with E-state index in [-0.39, 0.29) is 31.2 Å². The largest absolute Gasteiger partial charge is 0.478 e. The van der Waals surface area contributed by atoms with E-state index in [1.54, 1.807) is 36.4 Å². The van der Waals surface area contributed by atoms with Crippen molar-refractivity contribution in [1.82, 2.24) is 10.6 Å². The van der Waals surface area contributed by atoms with Crippen LogP contribution in [-0.4, -0.2) is 46.6 Å². The maximum Gasteiger partial charge on any atom is 0.328 e. The standard InChI is InChI=1S/C21H25N7O4S/c22-18(23)13-3-1-2-12(8-13)9-21(26,7-6-17(30)31)20(32)28-11-16(29)27-10-14-4-5-15(33-14)19(24)25/h1-8H,9-11,26H2,(H3,22,23)(H3,24,25)(H,27,29)(H,28,32)(H,30,31)/t21-/m1/s1. The second-order valence-corrected chi connectivity index (χ2v) is 8.31. The molecule has 1 heterocycles. The summed E-state index contributed by atoms with van der Waals surface area (Å²) in [5, 5.41) is 29.0. The van der Waals surface area contributed by atoms with Crippen molar-refractivity contribution >= 4 is 40.8 Å². The SMILES string of the molecule is N=C(N)c1cccc(C[C@](N)(C=CC(=O)O)C(=O)NCC(=O)NCc2ccc(C(=N)N)s2)c1. The lowest BCUT2D eigenvalue weighted by Gasteiger charge is -2.25. The number of hydrogen-bond donors (Lipinski definition) is 8. The highest BCUT2D eigenvalue weighted by Gasteiger charge is 2.32. The van der Waals surface area contributed by atoms with E-state index < -0.39 is 23.3 Å². The van der Waals surface area contributed by atoms with Crippen LogP contribution in [0.4, 0.5) is 0 Å². The van der Waals surface area contributed by atoms with E-state index in [2.05, 4.69) is 10.6 Å². The van der Waals surface area contributed by atoms with Crippen LogP contribution < -0.4 is 27.8 Å². The molecule has 33 heavy (non-hydrogen) atoms. The van der Waals surface area contributed by atoms with Gasteiger partial charge in [0, 0.05) is 22.9 Å². The first-order valence-corrected chi connectivity index (χ1v) is 10.4. The molecule has 0 spiro atoms. The molecule has 0 unspecified atom stereocenters. The van der Waals surface area contributed by atoms with Crippen LogP contribution in [0.3, 0.4) is 0 Å². The molecule has 0 saturated heterocycles. The summed E-state index contributed by atoms with van der Waals surface area (Å²) in [5.74, 6) is -2.74. The van der Waals surface area contributed by atoms with Crippen molar-refractivity contribution in [2.75, 3.05) is 6.54 Å². The van der Waals surface area contributed by atoms with Crippen LogP contribution >= 0.6 is 11.3 Å². The molecule has 2 rings (SSSR count). The van der Waals surface area contributed by atoms with Gasteiger partial charge in [-0.2, -0.15) is 0 Å². The lowest BCUT2D eigenvalue weighted by atomic mass is 9.89. The molecular formula is C21H25N7O4S. The van der Waals surface area contributed by atoms with Crippen molar-refractivity contribution in [2.45, 2.75) is 18.5 Å². The number of rotatable bonds is 11. The number of hydrogen-bond acceptors (Lipinski definition) is 7. The van der Waals surface area contributed by atoms with Crippen LogP contribution in [0, 0.1) is 10.8 Å². The summed E-state index contributed by atoms with van der Waals surface area (Å²) in [6.07, 6.45) is 1.73. The van der Waals surface area contributed by atoms with E-state index in [4.69, 9.17) is 33.1 Å². The number of benzene rings is 1. The number of carboxylic acid groups (broad SMARTS) is 1. The number of aliphatic carboxylic acids is 1. The molecule has 174 valence electrons. The average Bonchev–Trinajstić information content (AvgIpc) is 3.24. The van der Waals surface area contributed by atoms with Crippen molar-refractivity contribution in [3.8, 4) is 0 Å². The number of nitrogens with one attached hydrogen (secondary N) is 4. The Morgan fingerprint density at radius 3 is 2.42 bits per heavy atom. The fourth-order valence-corrected chi connectivity index (χ4v) is 3.62. The predicted octanol–water partition coefficient (Wildman–Crippen LogP) is -0.370. The highest BCUT2D eigenvalue weighted by atomic mass is 32.1. The minimum Gasteiger partial charge on any atom is -0.478 e. The zero-order valence-corrected chi connectivity index (χ0v) is 18.4. The van der Waals surface area contributed by atoms with Crippen molar-refractivity contribution < 1.29 is 19.5 Å². The van der Waals surface area contributed by atoms with Gasteiger partial charge in [0.25, 0.3) is 0 Å². The molecule has 0 fully saturated rings. The topological polar surface area (TPSA) is 221 Å². The summed E-state index contributed by atoms with van der Waals surface area (Å²) in [7, 11) is 0. The number of carbonyl (C=O) groups excluding carboxylic acids is 2. The molecule has 0 radical (unpaired) electrons. The predicted molar refractivity (Wildman–Crippen MR) is 125 cm³/mol. The summed E-state index contributed by atoms with van der Waals surface area (Å²) in [5.41, 5.74) is 16.3. The minimum absolute atomic E-state index is 0.0626. The van der Waals surface area contributed by atoms with Gasteiger partial charge in [-0.25, -0.2) is 4.79 Å². The van der Waals surface area contributed by atoms with Crippen LogP contribution in [0.1, 0.15) is 20.9 Å². The molecule has 0 aliphatic carbocycles. The third kappa shape index (κ3) is 7.55. The van der Waals surface area contributed by atoms with Gasteiger partial charge in [0.2, 0.25) is 11.8 Å². The van der Waals surface area contributed by atoms with Crippen molar-refractivity contribution in [1.29, 1.82) is 10.8 Å². The maximum absolute atomic E-state index is 12.8. The quantitative estimate of drug-likeness (QED) is 0.123. The van der Waals surface area contributed by atoms with Crippen LogP contribution in [0.5, 0.6) is 0 Å². The highest BCUT2D eigenvalue weighted by Crippen LogP contribution is 2.16. The summed E-state index contributed by atoms with van der Waals surface area (Å²) < 4.78 is 0. The number of thiophene rings is 1. The third-order valence-corrected chi connectivity index (χ3v) is 5.60. The monoisotopic (exact) mass is 471 g/mol. The smallest absolute Gasteiger partial charge is 0.328 e. The molecule has 1 aromatic carbocycles. The third-order valence-electron chi connectivity index (χ3n) is 4.48. The molecule has 2 aromatic rings. The van der Waals surface area contributed by atoms with Crippen molar-refractivity contribution in [2.24, 2.45) is 17.2 Å². The van der Waals surface area contributed by atoms with Gasteiger partial charge < -0.3 is 32.9 Å². The minimum atomic E-state index is -1.77. The van der Waals surface area contributed by atoms with E-state index in [1.807, 2.05) is 0 Å². The van der Waals surface area contributed by atoms with E-state index in [9.17, 15) is 14.4 Å². The van der Waals surface area contributed by atoms with Crippen molar-refractivity contribution in [3.63, 3.8) is 0 Å². The Kier molecular flexibility index (Phi) is 8.42. The van der Waals surface area contributed by atoms with Crippen LogP contribution in [0.15, 0.2) is 48.6 Å². The summed E-state index contributed by atoms with van der Waals surface area (Å²) in [4.78, 5) is 37.3. The van der Waals surface area contributed by atoms with Crippen LogP contribution in [0.2, 0.25) is 0 Å². The van der Waals surface area contributed by atoms with Gasteiger partial charge in [-0.15, -0.1) is 11.3 Å². The van der Waals surface area contributed by atoms with Gasteiger partial charge in [-0.1, -0.05) is 18.2 Å². The Balaban J connectivity index is 2.04. The van der Waals surface area contributed by atoms with Crippen LogP contribution in [-0.2, 0) is 27.3 Å². The first-order chi connectivity index (χ1) is 15.5. The maximum atomic E-state index is 12.8. The second-order valence-electron chi connectivity index (χ2n) is 7.14. The van der Waals surface area contributed by atoms with Gasteiger partial charge >= 0.3 is 5.97 Å². The van der Waals surface area contributed by atoms with Gasteiger partial charge in [0.05, 0.1) is 18.0 Å². The number of carbonyl (C=O) groups is 3. The van der Waals surface area contributed by atoms with Gasteiger partial charge in [0.15, 0.2) is 0 Å². The van der Waals surface area contributed by atoms with Gasteiger partial charge in [-0.05, 0) is 29.8 Å². The Morgan fingerprint density at radius 1 is 1.09 bits per heavy atom. The lowest BCUT2D eigenvalue weighted by molar-refractivity contribution is -0.131. The summed E-state index contributed by atoms with van der Waals surface area (Å²) in [6.45, 7) is -0.186. The first-order valence-electron chi connectivity index (χ1n) is 9.62. The summed E-state index contributed by atoms with van der Waals surface area (Å²) >= 11 is 1.26. The molecule has 0 aliphatic heterocycles. The molecule has 1 atom stereocenters. The number of amidine groups is 2. The Morgan fingerprint density at radius 2 is 1.82 bits per heavy atom. The van der Waals surface area contributed by atoms with E-state index >= 15 is 0 Å². The zero-order valence-electron chi connectivity index (χ0n) is 17.6. The van der Waals surface area contributed by atoms with Crippen molar-refractivity contribution in [3.05, 3.63) is 69.4 Å². The molecule has 11 N–H and O–H groups in total. The molecule has 1 aromatic heterocycles. The fourth-order valence-electron chi connectivity index (χ4n) is 2.81.